The Hall–Kier alpha value is -1.62. The van der Waals surface area contributed by atoms with Crippen molar-refractivity contribution < 1.29 is 9.66 Å². The van der Waals surface area contributed by atoms with E-state index in [1.807, 2.05) is 19.9 Å². The highest BCUT2D eigenvalue weighted by atomic mass is 16.6. The number of benzene rings is 1. The van der Waals surface area contributed by atoms with E-state index in [4.69, 9.17) is 4.74 Å². The van der Waals surface area contributed by atoms with Crippen LogP contribution in [0.15, 0.2) is 18.2 Å². The molecule has 0 unspecified atom stereocenters. The Morgan fingerprint density at radius 1 is 1.37 bits per heavy atom. The zero-order valence-electron chi connectivity index (χ0n) is 11.8. The number of para-hydroxylation sites is 1. The number of hydrogen-bond acceptors (Lipinski definition) is 4. The predicted octanol–water partition coefficient (Wildman–Crippen LogP) is 3.52. The molecule has 0 heterocycles. The average Bonchev–Trinajstić information content (AvgIpc) is 2.32. The summed E-state index contributed by atoms with van der Waals surface area (Å²) in [5, 5.41) is 14.1. The first-order valence-corrected chi connectivity index (χ1v) is 6.62. The lowest BCUT2D eigenvalue weighted by Gasteiger charge is -2.09. The maximum Gasteiger partial charge on any atom is 0.295 e. The minimum atomic E-state index is -0.334. The van der Waals surface area contributed by atoms with E-state index in [-0.39, 0.29) is 16.7 Å². The number of aryl methyl sites for hydroxylation is 1. The first kappa shape index (κ1) is 15.4. The Bertz CT molecular complexity index is 419. The van der Waals surface area contributed by atoms with Gasteiger partial charge < -0.3 is 10.1 Å². The molecule has 1 rings (SSSR count). The molecule has 0 aromatic heterocycles. The molecule has 0 atom stereocenters. The smallest absolute Gasteiger partial charge is 0.295 e. The number of nitro benzene ring substituents is 1. The second-order valence-corrected chi connectivity index (χ2v) is 4.78. The fraction of sp³-hybridized carbons (Fsp3) is 0.571. The Morgan fingerprint density at radius 3 is 2.74 bits per heavy atom. The minimum absolute atomic E-state index is 0.168. The van der Waals surface area contributed by atoms with Crippen molar-refractivity contribution in [2.24, 2.45) is 0 Å². The summed E-state index contributed by atoms with van der Waals surface area (Å²) in [5.74, 6) is 0. The quantitative estimate of drug-likeness (QED) is 0.444. The van der Waals surface area contributed by atoms with Gasteiger partial charge >= 0.3 is 0 Å². The fourth-order valence-electron chi connectivity index (χ4n) is 1.81. The van der Waals surface area contributed by atoms with Crippen LogP contribution in [0.25, 0.3) is 0 Å². The van der Waals surface area contributed by atoms with Gasteiger partial charge in [-0.15, -0.1) is 0 Å². The van der Waals surface area contributed by atoms with Crippen LogP contribution < -0.4 is 5.32 Å². The van der Waals surface area contributed by atoms with Gasteiger partial charge in [0.2, 0.25) is 0 Å². The van der Waals surface area contributed by atoms with Crippen molar-refractivity contribution in [2.45, 2.75) is 39.7 Å². The molecule has 0 spiro atoms. The standard InChI is InChI=1S/C14H22N2O3/c1-11(2)19-10-5-4-9-15-13-8-6-7-12(3)14(13)16(17)18/h6-8,11,15H,4-5,9-10H2,1-3H3. The first-order chi connectivity index (χ1) is 9.02. The van der Waals surface area contributed by atoms with E-state index in [1.165, 1.54) is 0 Å². The van der Waals surface area contributed by atoms with E-state index in [1.54, 1.807) is 19.1 Å². The third kappa shape index (κ3) is 5.26. The van der Waals surface area contributed by atoms with Crippen LogP contribution in [-0.2, 0) is 4.74 Å². The largest absolute Gasteiger partial charge is 0.379 e. The summed E-state index contributed by atoms with van der Waals surface area (Å²) in [6.07, 6.45) is 2.13. The molecule has 1 aromatic rings. The summed E-state index contributed by atoms with van der Waals surface area (Å²) >= 11 is 0. The molecular weight excluding hydrogens is 244 g/mol. The number of nitro groups is 1. The molecule has 0 aliphatic carbocycles. The molecule has 0 aliphatic rings. The van der Waals surface area contributed by atoms with Gasteiger partial charge in [-0.25, -0.2) is 0 Å². The van der Waals surface area contributed by atoms with Crippen LogP contribution in [0.4, 0.5) is 11.4 Å². The van der Waals surface area contributed by atoms with Crippen LogP contribution in [0, 0.1) is 17.0 Å². The lowest BCUT2D eigenvalue weighted by molar-refractivity contribution is -0.384. The third-order valence-electron chi connectivity index (χ3n) is 2.76. The molecule has 1 aromatic carbocycles. The predicted molar refractivity (Wildman–Crippen MR) is 76.6 cm³/mol. The summed E-state index contributed by atoms with van der Waals surface area (Å²) in [5.41, 5.74) is 1.44. The van der Waals surface area contributed by atoms with E-state index in [0.29, 0.717) is 17.8 Å². The molecule has 0 amide bonds. The lowest BCUT2D eigenvalue weighted by atomic mass is 10.1. The van der Waals surface area contributed by atoms with E-state index in [9.17, 15) is 10.1 Å². The summed E-state index contributed by atoms with van der Waals surface area (Å²) in [6.45, 7) is 7.21. The van der Waals surface area contributed by atoms with Crippen molar-refractivity contribution in [3.8, 4) is 0 Å². The molecule has 0 saturated heterocycles. The molecule has 0 fully saturated rings. The van der Waals surface area contributed by atoms with Crippen molar-refractivity contribution in [3.63, 3.8) is 0 Å². The number of nitrogens with one attached hydrogen (secondary N) is 1. The van der Waals surface area contributed by atoms with E-state index >= 15 is 0 Å². The van der Waals surface area contributed by atoms with E-state index < -0.39 is 0 Å². The van der Waals surface area contributed by atoms with Crippen LogP contribution in [-0.4, -0.2) is 24.2 Å². The van der Waals surface area contributed by atoms with Gasteiger partial charge in [-0.05, 0) is 39.7 Å². The van der Waals surface area contributed by atoms with Gasteiger partial charge in [0.25, 0.3) is 5.69 Å². The number of unbranched alkanes of at least 4 members (excludes halogenated alkanes) is 1. The Kier molecular flexibility index (Phi) is 6.29. The summed E-state index contributed by atoms with van der Waals surface area (Å²) in [4.78, 5) is 10.7. The van der Waals surface area contributed by atoms with Crippen molar-refractivity contribution in [3.05, 3.63) is 33.9 Å². The summed E-state index contributed by atoms with van der Waals surface area (Å²) in [6, 6.07) is 5.32. The topological polar surface area (TPSA) is 64.4 Å². The van der Waals surface area contributed by atoms with Crippen LogP contribution >= 0.6 is 0 Å². The molecule has 1 N–H and O–H groups in total. The number of rotatable bonds is 8. The highest BCUT2D eigenvalue weighted by Gasteiger charge is 2.15. The number of ether oxygens (including phenoxy) is 1. The lowest BCUT2D eigenvalue weighted by Crippen LogP contribution is -2.08. The Balaban J connectivity index is 2.41. The van der Waals surface area contributed by atoms with E-state index in [0.717, 1.165) is 19.4 Å². The number of hydrogen-bond donors (Lipinski definition) is 1. The molecule has 0 aliphatic heterocycles. The second-order valence-electron chi connectivity index (χ2n) is 4.78. The van der Waals surface area contributed by atoms with Gasteiger partial charge in [-0.3, -0.25) is 10.1 Å². The molecule has 5 heteroatoms. The van der Waals surface area contributed by atoms with Gasteiger partial charge in [0.1, 0.15) is 5.69 Å². The van der Waals surface area contributed by atoms with Gasteiger partial charge in [0, 0.05) is 18.7 Å². The van der Waals surface area contributed by atoms with Crippen molar-refractivity contribution in [2.75, 3.05) is 18.5 Å². The van der Waals surface area contributed by atoms with Crippen molar-refractivity contribution in [1.29, 1.82) is 0 Å². The SMILES string of the molecule is Cc1cccc(NCCCCOC(C)C)c1[N+](=O)[O-]. The molecule has 0 radical (unpaired) electrons. The highest BCUT2D eigenvalue weighted by Crippen LogP contribution is 2.27. The first-order valence-electron chi connectivity index (χ1n) is 6.62. The Morgan fingerprint density at radius 2 is 2.11 bits per heavy atom. The van der Waals surface area contributed by atoms with Crippen molar-refractivity contribution in [1.82, 2.24) is 0 Å². The zero-order chi connectivity index (χ0) is 14.3. The normalized spacial score (nSPS) is 10.7. The third-order valence-corrected chi connectivity index (χ3v) is 2.76. The Labute approximate surface area is 114 Å². The number of nitrogens with zero attached hydrogens (tertiary/aromatic N) is 1. The molecule has 0 bridgehead atoms. The van der Waals surface area contributed by atoms with Crippen molar-refractivity contribution >= 4 is 11.4 Å². The van der Waals surface area contributed by atoms with E-state index in [2.05, 4.69) is 5.32 Å². The zero-order valence-corrected chi connectivity index (χ0v) is 11.8. The summed E-state index contributed by atoms with van der Waals surface area (Å²) < 4.78 is 5.44. The molecular formula is C14H22N2O3. The second kappa shape index (κ2) is 7.74. The van der Waals surface area contributed by atoms with Crippen LogP contribution in [0.3, 0.4) is 0 Å². The fourth-order valence-corrected chi connectivity index (χ4v) is 1.81. The van der Waals surface area contributed by atoms with Gasteiger partial charge in [0.15, 0.2) is 0 Å². The maximum atomic E-state index is 11.0. The molecule has 0 saturated carbocycles. The van der Waals surface area contributed by atoms with Gasteiger partial charge in [-0.1, -0.05) is 12.1 Å². The average molecular weight is 266 g/mol. The maximum absolute atomic E-state index is 11.0. The molecule has 19 heavy (non-hydrogen) atoms. The molecule has 5 nitrogen and oxygen atoms in total. The van der Waals surface area contributed by atoms with Crippen LogP contribution in [0.2, 0.25) is 0 Å². The number of anilines is 1. The summed E-state index contributed by atoms with van der Waals surface area (Å²) in [7, 11) is 0. The van der Waals surface area contributed by atoms with Gasteiger partial charge in [0.05, 0.1) is 11.0 Å². The molecule has 106 valence electrons. The van der Waals surface area contributed by atoms with Gasteiger partial charge in [-0.2, -0.15) is 0 Å². The van der Waals surface area contributed by atoms with Crippen LogP contribution in [0.1, 0.15) is 32.3 Å². The highest BCUT2D eigenvalue weighted by molar-refractivity contribution is 5.64. The minimum Gasteiger partial charge on any atom is -0.379 e. The van der Waals surface area contributed by atoms with Crippen LogP contribution in [0.5, 0.6) is 0 Å². The monoisotopic (exact) mass is 266 g/mol.